The normalized spacial score (nSPS) is 16.2. The average molecular weight is 384 g/mol. The molecule has 0 saturated heterocycles. The van der Waals surface area contributed by atoms with E-state index >= 15 is 0 Å². The van der Waals surface area contributed by atoms with Crippen molar-refractivity contribution in [2.24, 2.45) is 0 Å². The Labute approximate surface area is 142 Å². The maximum absolute atomic E-state index is 12.5. The largest absolute Gasteiger partial charge is 0.383 e. The second-order valence-corrected chi connectivity index (χ2v) is 5.86. The Hall–Kier alpha value is -1.93. The van der Waals surface area contributed by atoms with Crippen molar-refractivity contribution < 1.29 is 19.1 Å². The lowest BCUT2D eigenvalue weighted by atomic mass is 10.1. The molecule has 0 spiro atoms. The first-order valence-corrected chi connectivity index (χ1v) is 7.97. The van der Waals surface area contributed by atoms with Gasteiger partial charge in [0.25, 0.3) is 5.91 Å². The molecule has 1 aromatic rings. The molecule has 7 nitrogen and oxygen atoms in total. The molecule has 0 aromatic heterocycles. The number of halogens is 1. The molecule has 3 amide bonds. The molecule has 1 atom stereocenters. The fourth-order valence-electron chi connectivity index (χ4n) is 2.42. The van der Waals surface area contributed by atoms with Crippen LogP contribution in [0.4, 0.5) is 5.69 Å². The third kappa shape index (κ3) is 3.70. The zero-order chi connectivity index (χ0) is 17.0. The highest BCUT2D eigenvalue weighted by atomic mass is 79.9. The monoisotopic (exact) mass is 383 g/mol. The summed E-state index contributed by atoms with van der Waals surface area (Å²) in [5.74, 6) is -1.89. The van der Waals surface area contributed by atoms with E-state index in [1.54, 1.807) is 11.0 Å². The molecule has 2 rings (SSSR count). The van der Waals surface area contributed by atoms with Gasteiger partial charge >= 0.3 is 11.8 Å². The second kappa shape index (κ2) is 7.56. The number of amides is 3. The van der Waals surface area contributed by atoms with Gasteiger partial charge in [-0.05, 0) is 25.1 Å². The smallest absolute Gasteiger partial charge is 0.310 e. The fraction of sp³-hybridized carbons (Fsp3) is 0.400. The number of rotatable bonds is 5. The summed E-state index contributed by atoms with van der Waals surface area (Å²) < 4.78 is 5.60. The third-order valence-electron chi connectivity index (χ3n) is 3.49. The predicted molar refractivity (Wildman–Crippen MR) is 87.9 cm³/mol. The van der Waals surface area contributed by atoms with E-state index in [1.807, 2.05) is 19.1 Å². The Morgan fingerprint density at radius 1 is 1.35 bits per heavy atom. The SMILES string of the molecule is CCN1C(=O)[C@H](NC(=O)C(=O)NCCOC)c2cc(Br)ccc21. The summed E-state index contributed by atoms with van der Waals surface area (Å²) in [4.78, 5) is 37.8. The topological polar surface area (TPSA) is 87.7 Å². The number of nitrogens with one attached hydrogen (secondary N) is 2. The molecule has 1 aliphatic rings. The summed E-state index contributed by atoms with van der Waals surface area (Å²) in [5.41, 5.74) is 1.41. The van der Waals surface area contributed by atoms with Gasteiger partial charge in [0.15, 0.2) is 0 Å². The van der Waals surface area contributed by atoms with Crippen LogP contribution in [0.25, 0.3) is 0 Å². The van der Waals surface area contributed by atoms with Gasteiger partial charge in [-0.15, -0.1) is 0 Å². The summed E-state index contributed by atoms with van der Waals surface area (Å²) in [7, 11) is 1.50. The number of hydrogen-bond acceptors (Lipinski definition) is 4. The summed E-state index contributed by atoms with van der Waals surface area (Å²) in [6.07, 6.45) is 0. The lowest BCUT2D eigenvalue weighted by Gasteiger charge is -2.15. The number of carbonyl (C=O) groups excluding carboxylic acids is 3. The van der Waals surface area contributed by atoms with E-state index in [0.29, 0.717) is 18.7 Å². The van der Waals surface area contributed by atoms with Crippen LogP contribution >= 0.6 is 15.9 Å². The van der Waals surface area contributed by atoms with Crippen LogP contribution in [0, 0.1) is 0 Å². The molecule has 0 saturated carbocycles. The van der Waals surface area contributed by atoms with Gasteiger partial charge in [-0.1, -0.05) is 15.9 Å². The number of hydrogen-bond donors (Lipinski definition) is 2. The lowest BCUT2D eigenvalue weighted by molar-refractivity contribution is -0.140. The number of nitrogens with zero attached hydrogens (tertiary/aromatic N) is 1. The van der Waals surface area contributed by atoms with E-state index in [9.17, 15) is 14.4 Å². The van der Waals surface area contributed by atoms with Crippen molar-refractivity contribution in [3.8, 4) is 0 Å². The van der Waals surface area contributed by atoms with Crippen LogP contribution in [0.15, 0.2) is 22.7 Å². The summed E-state index contributed by atoms with van der Waals surface area (Å²) in [6.45, 7) is 2.87. The zero-order valence-corrected chi connectivity index (χ0v) is 14.5. The van der Waals surface area contributed by atoms with Crippen LogP contribution in [0.5, 0.6) is 0 Å². The van der Waals surface area contributed by atoms with Crippen LogP contribution in [0.3, 0.4) is 0 Å². The Balaban J connectivity index is 2.14. The molecule has 2 N–H and O–H groups in total. The van der Waals surface area contributed by atoms with Gasteiger partial charge in [0.1, 0.15) is 6.04 Å². The van der Waals surface area contributed by atoms with Crippen molar-refractivity contribution in [1.29, 1.82) is 0 Å². The van der Waals surface area contributed by atoms with E-state index in [4.69, 9.17) is 4.74 Å². The van der Waals surface area contributed by atoms with Crippen LogP contribution in [-0.4, -0.2) is 44.5 Å². The minimum absolute atomic E-state index is 0.227. The van der Waals surface area contributed by atoms with E-state index in [-0.39, 0.29) is 12.5 Å². The zero-order valence-electron chi connectivity index (χ0n) is 12.9. The highest BCUT2D eigenvalue weighted by Crippen LogP contribution is 2.37. The Bertz CT molecular complexity index is 635. The first kappa shape index (κ1) is 17.4. The van der Waals surface area contributed by atoms with Gasteiger partial charge in [-0.2, -0.15) is 0 Å². The van der Waals surface area contributed by atoms with Crippen LogP contribution in [0.1, 0.15) is 18.5 Å². The van der Waals surface area contributed by atoms with E-state index in [0.717, 1.165) is 10.2 Å². The summed E-state index contributed by atoms with van der Waals surface area (Å²) >= 11 is 3.36. The van der Waals surface area contributed by atoms with Gasteiger partial charge in [0.2, 0.25) is 0 Å². The fourth-order valence-corrected chi connectivity index (χ4v) is 2.80. The first-order valence-electron chi connectivity index (χ1n) is 7.18. The van der Waals surface area contributed by atoms with Crippen molar-refractivity contribution in [3.63, 3.8) is 0 Å². The Kier molecular flexibility index (Phi) is 5.73. The number of benzene rings is 1. The minimum atomic E-state index is -0.858. The van der Waals surface area contributed by atoms with Crippen molar-refractivity contribution in [3.05, 3.63) is 28.2 Å². The van der Waals surface area contributed by atoms with Gasteiger partial charge in [0.05, 0.1) is 6.61 Å². The average Bonchev–Trinajstić information content (AvgIpc) is 2.78. The number of methoxy groups -OCH3 is 1. The Morgan fingerprint density at radius 3 is 2.74 bits per heavy atom. The van der Waals surface area contributed by atoms with E-state index in [2.05, 4.69) is 26.6 Å². The highest BCUT2D eigenvalue weighted by molar-refractivity contribution is 9.10. The van der Waals surface area contributed by atoms with Gasteiger partial charge < -0.3 is 20.3 Å². The van der Waals surface area contributed by atoms with Crippen molar-refractivity contribution in [2.75, 3.05) is 31.7 Å². The standard InChI is InChI=1S/C15H18BrN3O4/c1-3-19-11-5-4-9(16)8-10(11)12(15(19)22)18-14(21)13(20)17-6-7-23-2/h4-5,8,12H,3,6-7H2,1-2H3,(H,17,20)(H,18,21)/t12-/m1/s1. The molecule has 1 aliphatic heterocycles. The van der Waals surface area contributed by atoms with Gasteiger partial charge in [-0.25, -0.2) is 0 Å². The molecule has 0 unspecified atom stereocenters. The molecule has 0 aliphatic carbocycles. The van der Waals surface area contributed by atoms with Crippen LogP contribution < -0.4 is 15.5 Å². The minimum Gasteiger partial charge on any atom is -0.383 e. The van der Waals surface area contributed by atoms with E-state index in [1.165, 1.54) is 7.11 Å². The quantitative estimate of drug-likeness (QED) is 0.579. The molecular weight excluding hydrogens is 366 g/mol. The third-order valence-corrected chi connectivity index (χ3v) is 3.99. The van der Waals surface area contributed by atoms with Crippen LogP contribution in [-0.2, 0) is 19.1 Å². The number of fused-ring (bicyclic) bond motifs is 1. The number of likely N-dealkylation sites (N-methyl/N-ethyl adjacent to an activating group) is 1. The summed E-state index contributed by atoms with van der Waals surface area (Å²) in [5, 5.41) is 4.92. The molecular formula is C15H18BrN3O4. The molecule has 0 radical (unpaired) electrons. The van der Waals surface area contributed by atoms with Gasteiger partial charge in [0, 0.05) is 35.9 Å². The molecule has 0 fully saturated rings. The molecule has 1 aromatic carbocycles. The molecule has 8 heteroatoms. The number of anilines is 1. The maximum atomic E-state index is 12.5. The molecule has 0 bridgehead atoms. The van der Waals surface area contributed by atoms with Crippen LogP contribution in [0.2, 0.25) is 0 Å². The molecule has 23 heavy (non-hydrogen) atoms. The Morgan fingerprint density at radius 2 is 2.09 bits per heavy atom. The van der Waals surface area contributed by atoms with E-state index < -0.39 is 17.9 Å². The molecule has 124 valence electrons. The predicted octanol–water partition coefficient (Wildman–Crippen LogP) is 0.736. The van der Waals surface area contributed by atoms with Crippen molar-refractivity contribution in [1.82, 2.24) is 10.6 Å². The maximum Gasteiger partial charge on any atom is 0.310 e. The first-order chi connectivity index (χ1) is 11.0. The summed E-state index contributed by atoms with van der Waals surface area (Å²) in [6, 6.07) is 4.56. The van der Waals surface area contributed by atoms with Gasteiger partial charge in [-0.3, -0.25) is 14.4 Å². The van der Waals surface area contributed by atoms with Crippen molar-refractivity contribution in [2.45, 2.75) is 13.0 Å². The number of ether oxygens (including phenoxy) is 1. The van der Waals surface area contributed by atoms with Crippen molar-refractivity contribution >= 4 is 39.3 Å². The highest BCUT2D eigenvalue weighted by Gasteiger charge is 2.38. The number of carbonyl (C=O) groups is 3. The lowest BCUT2D eigenvalue weighted by Crippen LogP contribution is -2.45. The molecule has 1 heterocycles. The second-order valence-electron chi connectivity index (χ2n) is 4.94.